The fourth-order valence-corrected chi connectivity index (χ4v) is 1.88. The van der Waals surface area contributed by atoms with Gasteiger partial charge in [0.05, 0.1) is 11.1 Å². The summed E-state index contributed by atoms with van der Waals surface area (Å²) in [7, 11) is 0. The van der Waals surface area contributed by atoms with Crippen molar-refractivity contribution in [3.8, 4) is 29.7 Å². The summed E-state index contributed by atoms with van der Waals surface area (Å²) in [5.74, 6) is 6.63. The summed E-state index contributed by atoms with van der Waals surface area (Å²) in [4.78, 5) is 0. The topological polar surface area (TPSA) is 56.8 Å². The second-order valence-electron chi connectivity index (χ2n) is 4.74. The van der Waals surface area contributed by atoms with E-state index in [-0.39, 0.29) is 0 Å². The average Bonchev–Trinajstić information content (AvgIpc) is 2.53. The van der Waals surface area contributed by atoms with E-state index in [0.717, 1.165) is 12.8 Å². The summed E-state index contributed by atoms with van der Waals surface area (Å²) in [5.41, 5.74) is 0.696. The Labute approximate surface area is 127 Å². The number of hydrogen-bond donors (Lipinski definition) is 0. The molecule has 0 amide bonds. The molecule has 1 aromatic carbocycles. The zero-order chi connectivity index (χ0) is 15.3. The van der Waals surface area contributed by atoms with Crippen molar-refractivity contribution in [2.75, 3.05) is 6.61 Å². The van der Waals surface area contributed by atoms with Gasteiger partial charge in [0.2, 0.25) is 0 Å². The first-order chi connectivity index (χ1) is 10.3. The van der Waals surface area contributed by atoms with Crippen LogP contribution in [0.15, 0.2) is 18.2 Å². The fraction of sp³-hybridized carbons (Fsp3) is 0.444. The number of ether oxygens (including phenoxy) is 1. The van der Waals surface area contributed by atoms with Crippen molar-refractivity contribution in [2.24, 2.45) is 0 Å². The smallest absolute Gasteiger partial charge is 0.149 e. The lowest BCUT2D eigenvalue weighted by Crippen LogP contribution is -1.95. The molecule has 0 saturated carbocycles. The van der Waals surface area contributed by atoms with Gasteiger partial charge in [0, 0.05) is 6.42 Å². The third kappa shape index (κ3) is 6.51. The number of nitrogens with zero attached hydrogens (tertiary/aromatic N) is 2. The molecule has 0 spiro atoms. The molecule has 0 aromatic heterocycles. The van der Waals surface area contributed by atoms with E-state index in [1.807, 2.05) is 12.1 Å². The second-order valence-corrected chi connectivity index (χ2v) is 4.74. The molecule has 0 aliphatic heterocycles. The van der Waals surface area contributed by atoms with Crippen LogP contribution in [-0.2, 0) is 0 Å². The minimum Gasteiger partial charge on any atom is -0.481 e. The van der Waals surface area contributed by atoms with E-state index in [1.165, 1.54) is 25.7 Å². The monoisotopic (exact) mass is 280 g/mol. The highest BCUT2D eigenvalue weighted by molar-refractivity contribution is 5.49. The van der Waals surface area contributed by atoms with Crippen molar-refractivity contribution >= 4 is 0 Å². The minimum atomic E-state index is 0.311. The number of benzene rings is 1. The highest BCUT2D eigenvalue weighted by atomic mass is 16.5. The zero-order valence-corrected chi connectivity index (χ0v) is 12.5. The van der Waals surface area contributed by atoms with Gasteiger partial charge >= 0.3 is 0 Å². The van der Waals surface area contributed by atoms with Crippen LogP contribution in [0.5, 0.6) is 5.75 Å². The Hall–Kier alpha value is -2.44. The standard InChI is InChI=1S/C18H20N2O/c1-2-3-4-5-6-7-8-9-12-21-18-11-10-16(14-19)17(13-18)15-20/h10-11,13H,2-7,12H2,1H3. The first-order valence-electron chi connectivity index (χ1n) is 7.34. The Balaban J connectivity index is 2.31. The van der Waals surface area contributed by atoms with Gasteiger partial charge in [-0.1, -0.05) is 44.4 Å². The molecule has 21 heavy (non-hydrogen) atoms. The molecule has 0 fully saturated rings. The molecule has 0 aliphatic rings. The molecule has 0 heterocycles. The van der Waals surface area contributed by atoms with Crippen molar-refractivity contribution in [2.45, 2.75) is 45.4 Å². The first-order valence-corrected chi connectivity index (χ1v) is 7.34. The lowest BCUT2D eigenvalue weighted by Gasteiger charge is -2.02. The van der Waals surface area contributed by atoms with Crippen LogP contribution in [0.25, 0.3) is 0 Å². The molecule has 3 nitrogen and oxygen atoms in total. The Morgan fingerprint density at radius 3 is 2.43 bits per heavy atom. The average molecular weight is 280 g/mol. The van der Waals surface area contributed by atoms with E-state index < -0.39 is 0 Å². The largest absolute Gasteiger partial charge is 0.481 e. The summed E-state index contributed by atoms with van der Waals surface area (Å²) >= 11 is 0. The van der Waals surface area contributed by atoms with E-state index in [1.54, 1.807) is 18.2 Å². The van der Waals surface area contributed by atoms with Crippen LogP contribution in [-0.4, -0.2) is 6.61 Å². The molecule has 0 N–H and O–H groups in total. The van der Waals surface area contributed by atoms with Crippen molar-refractivity contribution in [3.05, 3.63) is 29.3 Å². The van der Waals surface area contributed by atoms with Crippen molar-refractivity contribution in [3.63, 3.8) is 0 Å². The maximum atomic E-state index is 8.92. The SMILES string of the molecule is CCCCCCCC#CCOc1ccc(C#N)c(C#N)c1. The van der Waals surface area contributed by atoms with Gasteiger partial charge in [-0.25, -0.2) is 0 Å². The molecule has 0 bridgehead atoms. The third-order valence-corrected chi connectivity index (χ3v) is 3.07. The summed E-state index contributed by atoms with van der Waals surface area (Å²) in [6, 6.07) is 8.81. The van der Waals surface area contributed by atoms with Crippen LogP contribution in [0.3, 0.4) is 0 Å². The fourth-order valence-electron chi connectivity index (χ4n) is 1.88. The van der Waals surface area contributed by atoms with Crippen LogP contribution >= 0.6 is 0 Å². The van der Waals surface area contributed by atoms with Crippen LogP contribution in [0.1, 0.15) is 56.6 Å². The maximum absolute atomic E-state index is 8.92. The molecule has 0 atom stereocenters. The predicted octanol–water partition coefficient (Wildman–Crippen LogP) is 4.17. The molecule has 1 aromatic rings. The van der Waals surface area contributed by atoms with E-state index in [2.05, 4.69) is 18.8 Å². The number of hydrogen-bond acceptors (Lipinski definition) is 3. The quantitative estimate of drug-likeness (QED) is 0.556. The highest BCUT2D eigenvalue weighted by Crippen LogP contribution is 2.16. The molecule has 3 heteroatoms. The summed E-state index contributed by atoms with van der Waals surface area (Å²) in [6.07, 6.45) is 7.14. The Morgan fingerprint density at radius 1 is 0.952 bits per heavy atom. The van der Waals surface area contributed by atoms with Crippen molar-refractivity contribution < 1.29 is 4.74 Å². The van der Waals surface area contributed by atoms with Gasteiger partial charge in [-0.15, -0.1) is 0 Å². The zero-order valence-electron chi connectivity index (χ0n) is 12.5. The first kappa shape index (κ1) is 16.6. The van der Waals surface area contributed by atoms with Gasteiger partial charge in [0.25, 0.3) is 0 Å². The summed E-state index contributed by atoms with van der Waals surface area (Å²) in [5, 5.41) is 17.7. The summed E-state index contributed by atoms with van der Waals surface area (Å²) in [6.45, 7) is 2.52. The minimum absolute atomic E-state index is 0.311. The van der Waals surface area contributed by atoms with E-state index in [0.29, 0.717) is 23.5 Å². The van der Waals surface area contributed by atoms with Crippen LogP contribution in [0.2, 0.25) is 0 Å². The van der Waals surface area contributed by atoms with E-state index in [9.17, 15) is 0 Å². The van der Waals surface area contributed by atoms with Crippen molar-refractivity contribution in [1.29, 1.82) is 10.5 Å². The van der Waals surface area contributed by atoms with Gasteiger partial charge < -0.3 is 4.74 Å². The van der Waals surface area contributed by atoms with Gasteiger partial charge in [-0.2, -0.15) is 10.5 Å². The highest BCUT2D eigenvalue weighted by Gasteiger charge is 2.02. The van der Waals surface area contributed by atoms with E-state index in [4.69, 9.17) is 15.3 Å². The molecule has 0 radical (unpaired) electrons. The lowest BCUT2D eigenvalue weighted by atomic mass is 10.1. The third-order valence-electron chi connectivity index (χ3n) is 3.07. The molecular weight excluding hydrogens is 260 g/mol. The molecule has 0 saturated heterocycles. The van der Waals surface area contributed by atoms with Crippen LogP contribution in [0, 0.1) is 34.5 Å². The molecule has 0 unspecified atom stereocenters. The predicted molar refractivity (Wildman–Crippen MR) is 82.5 cm³/mol. The van der Waals surface area contributed by atoms with Crippen molar-refractivity contribution in [1.82, 2.24) is 0 Å². The van der Waals surface area contributed by atoms with Crippen LogP contribution in [0.4, 0.5) is 0 Å². The Bertz CT molecular complexity index is 582. The normalized spacial score (nSPS) is 9.10. The van der Waals surface area contributed by atoms with E-state index >= 15 is 0 Å². The molecule has 1 rings (SSSR count). The van der Waals surface area contributed by atoms with Gasteiger partial charge in [0.15, 0.2) is 0 Å². The number of rotatable bonds is 7. The summed E-state index contributed by atoms with van der Waals surface area (Å²) < 4.78 is 5.46. The Morgan fingerprint density at radius 2 is 1.71 bits per heavy atom. The van der Waals surface area contributed by atoms with Crippen LogP contribution < -0.4 is 4.74 Å². The van der Waals surface area contributed by atoms with Gasteiger partial charge in [-0.3, -0.25) is 0 Å². The molecular formula is C18H20N2O. The number of nitriles is 2. The number of unbranched alkanes of at least 4 members (excludes halogenated alkanes) is 5. The molecule has 108 valence electrons. The van der Waals surface area contributed by atoms with Gasteiger partial charge in [-0.05, 0) is 24.6 Å². The lowest BCUT2D eigenvalue weighted by molar-refractivity contribution is 0.370. The van der Waals surface area contributed by atoms with Gasteiger partial charge in [0.1, 0.15) is 24.5 Å². The second kappa shape index (κ2) is 10.4. The molecule has 0 aliphatic carbocycles. The Kier molecular flexibility index (Phi) is 8.20. The maximum Gasteiger partial charge on any atom is 0.149 e.